The molecule has 0 bridgehead atoms. The van der Waals surface area contributed by atoms with E-state index < -0.39 is 10.7 Å². The number of esters is 1. The van der Waals surface area contributed by atoms with E-state index >= 15 is 0 Å². The number of hydrogen-bond donors (Lipinski definition) is 0. The van der Waals surface area contributed by atoms with Crippen molar-refractivity contribution in [3.8, 4) is 0 Å². The summed E-state index contributed by atoms with van der Waals surface area (Å²) in [5.74, 6) is -0.997. The summed E-state index contributed by atoms with van der Waals surface area (Å²) < 4.78 is 17.9. The molecule has 1 heterocycles. The molecule has 0 radical (unpaired) electrons. The van der Waals surface area contributed by atoms with E-state index in [-0.39, 0.29) is 24.1 Å². The van der Waals surface area contributed by atoms with Gasteiger partial charge in [0.1, 0.15) is 5.82 Å². The van der Waals surface area contributed by atoms with Gasteiger partial charge in [0.05, 0.1) is 18.0 Å². The van der Waals surface area contributed by atoms with Crippen molar-refractivity contribution in [3.63, 3.8) is 0 Å². The molecule has 1 atom stereocenters. The second-order valence-corrected chi connectivity index (χ2v) is 4.77. The van der Waals surface area contributed by atoms with Gasteiger partial charge in [0.25, 0.3) is 5.69 Å². The fourth-order valence-corrected chi connectivity index (χ4v) is 2.44. The molecule has 1 aliphatic heterocycles. The fourth-order valence-electron chi connectivity index (χ4n) is 2.44. The molecule has 0 amide bonds. The minimum Gasteiger partial charge on any atom is -0.469 e. The zero-order chi connectivity index (χ0) is 14.7. The van der Waals surface area contributed by atoms with Crippen LogP contribution in [0.4, 0.5) is 10.1 Å². The highest BCUT2D eigenvalue weighted by atomic mass is 19.1. The van der Waals surface area contributed by atoms with Crippen LogP contribution in [0.1, 0.15) is 12.0 Å². The van der Waals surface area contributed by atoms with Crippen LogP contribution in [0.25, 0.3) is 0 Å². The maximum Gasteiger partial charge on any atom is 0.310 e. The van der Waals surface area contributed by atoms with Crippen LogP contribution >= 0.6 is 0 Å². The van der Waals surface area contributed by atoms with Crippen molar-refractivity contribution < 1.29 is 18.8 Å². The highest BCUT2D eigenvalue weighted by molar-refractivity contribution is 5.72. The van der Waals surface area contributed by atoms with E-state index in [1.54, 1.807) is 0 Å². The summed E-state index contributed by atoms with van der Waals surface area (Å²) in [6, 6.07) is 3.41. The van der Waals surface area contributed by atoms with E-state index in [0.717, 1.165) is 6.07 Å². The third-order valence-electron chi connectivity index (χ3n) is 3.44. The molecular weight excluding hydrogens is 267 g/mol. The lowest BCUT2D eigenvalue weighted by atomic mass is 10.1. The van der Waals surface area contributed by atoms with Crippen LogP contribution in [0.2, 0.25) is 0 Å². The Morgan fingerprint density at radius 3 is 3.00 bits per heavy atom. The molecule has 0 saturated carbocycles. The van der Waals surface area contributed by atoms with Crippen molar-refractivity contribution in [2.45, 2.75) is 13.0 Å². The normalized spacial score (nSPS) is 19.0. The van der Waals surface area contributed by atoms with Gasteiger partial charge in [-0.05, 0) is 25.1 Å². The molecule has 1 unspecified atom stereocenters. The Kier molecular flexibility index (Phi) is 4.29. The Labute approximate surface area is 115 Å². The smallest absolute Gasteiger partial charge is 0.310 e. The van der Waals surface area contributed by atoms with Gasteiger partial charge in [0.2, 0.25) is 0 Å². The third kappa shape index (κ3) is 3.11. The molecule has 7 heteroatoms. The molecule has 1 aromatic rings. The Morgan fingerprint density at radius 1 is 1.60 bits per heavy atom. The zero-order valence-corrected chi connectivity index (χ0v) is 11.0. The van der Waals surface area contributed by atoms with Crippen molar-refractivity contribution in [3.05, 3.63) is 39.7 Å². The summed E-state index contributed by atoms with van der Waals surface area (Å²) in [6.45, 7) is 1.36. The minimum atomic E-state index is -0.525. The molecule has 0 aliphatic carbocycles. The summed E-state index contributed by atoms with van der Waals surface area (Å²) in [6.07, 6.45) is 0.649. The van der Waals surface area contributed by atoms with E-state index in [1.807, 2.05) is 4.90 Å². The highest BCUT2D eigenvalue weighted by Crippen LogP contribution is 2.25. The van der Waals surface area contributed by atoms with E-state index in [9.17, 15) is 19.3 Å². The molecular formula is C13H15FN2O4. The van der Waals surface area contributed by atoms with Gasteiger partial charge in [-0.15, -0.1) is 0 Å². The number of nitro groups is 1. The number of hydrogen-bond acceptors (Lipinski definition) is 5. The summed E-state index contributed by atoms with van der Waals surface area (Å²) in [5.41, 5.74) is 0.216. The summed E-state index contributed by atoms with van der Waals surface area (Å²) in [4.78, 5) is 23.7. The molecule has 108 valence electrons. The summed E-state index contributed by atoms with van der Waals surface area (Å²) in [5, 5.41) is 10.9. The van der Waals surface area contributed by atoms with Crippen LogP contribution in [0, 0.1) is 21.8 Å². The van der Waals surface area contributed by atoms with E-state index in [2.05, 4.69) is 4.74 Å². The van der Waals surface area contributed by atoms with Crippen LogP contribution in [-0.2, 0) is 16.1 Å². The molecule has 1 aromatic carbocycles. The lowest BCUT2D eigenvalue weighted by molar-refractivity contribution is -0.385. The maximum atomic E-state index is 13.2. The monoisotopic (exact) mass is 282 g/mol. The molecule has 0 spiro atoms. The molecule has 20 heavy (non-hydrogen) atoms. The van der Waals surface area contributed by atoms with Crippen molar-refractivity contribution in [1.82, 2.24) is 4.90 Å². The molecule has 2 rings (SSSR count). The number of carbonyl (C=O) groups is 1. The van der Waals surface area contributed by atoms with Crippen molar-refractivity contribution in [2.75, 3.05) is 20.2 Å². The number of carbonyl (C=O) groups excluding carboxylic acids is 1. The first-order valence-corrected chi connectivity index (χ1v) is 6.24. The van der Waals surface area contributed by atoms with Crippen LogP contribution in [0.3, 0.4) is 0 Å². The summed E-state index contributed by atoms with van der Waals surface area (Å²) >= 11 is 0. The number of nitro benzene ring substituents is 1. The van der Waals surface area contributed by atoms with Gasteiger partial charge in [-0.25, -0.2) is 4.39 Å². The quantitative estimate of drug-likeness (QED) is 0.477. The fraction of sp³-hybridized carbons (Fsp3) is 0.462. The van der Waals surface area contributed by atoms with E-state index in [1.165, 1.54) is 19.2 Å². The zero-order valence-electron chi connectivity index (χ0n) is 11.0. The SMILES string of the molecule is COC(=O)C1CCN(Cc2cc(F)ccc2[N+](=O)[O-])C1. The Bertz CT molecular complexity index is 535. The topological polar surface area (TPSA) is 72.7 Å². The Balaban J connectivity index is 2.09. The number of ether oxygens (including phenoxy) is 1. The number of rotatable bonds is 4. The maximum absolute atomic E-state index is 13.2. The van der Waals surface area contributed by atoms with Crippen LogP contribution in [-0.4, -0.2) is 36.0 Å². The van der Waals surface area contributed by atoms with Crippen molar-refractivity contribution in [2.24, 2.45) is 5.92 Å². The molecule has 6 nitrogen and oxygen atoms in total. The van der Waals surface area contributed by atoms with Gasteiger partial charge in [0, 0.05) is 24.7 Å². The Morgan fingerprint density at radius 2 is 2.35 bits per heavy atom. The van der Waals surface area contributed by atoms with Gasteiger partial charge in [-0.3, -0.25) is 19.8 Å². The molecule has 1 saturated heterocycles. The standard InChI is InChI=1S/C13H15FN2O4/c1-20-13(17)9-4-5-15(7-9)8-10-6-11(14)2-3-12(10)16(18)19/h2-3,6,9H,4-5,7-8H2,1H3. The minimum absolute atomic E-state index is 0.104. The molecule has 0 N–H and O–H groups in total. The second kappa shape index (κ2) is 5.96. The number of benzene rings is 1. The molecule has 1 aliphatic rings. The largest absolute Gasteiger partial charge is 0.469 e. The van der Waals surface area contributed by atoms with Gasteiger partial charge in [-0.2, -0.15) is 0 Å². The lowest BCUT2D eigenvalue weighted by Gasteiger charge is -2.15. The van der Waals surface area contributed by atoms with Crippen LogP contribution in [0.5, 0.6) is 0 Å². The lowest BCUT2D eigenvalue weighted by Crippen LogP contribution is -2.24. The third-order valence-corrected chi connectivity index (χ3v) is 3.44. The van der Waals surface area contributed by atoms with E-state index in [0.29, 0.717) is 25.1 Å². The van der Waals surface area contributed by atoms with Crippen LogP contribution < -0.4 is 0 Å². The number of nitrogens with zero attached hydrogens (tertiary/aromatic N) is 2. The predicted molar refractivity (Wildman–Crippen MR) is 68.5 cm³/mol. The van der Waals surface area contributed by atoms with Crippen molar-refractivity contribution in [1.29, 1.82) is 0 Å². The van der Waals surface area contributed by atoms with Crippen molar-refractivity contribution >= 4 is 11.7 Å². The first-order valence-electron chi connectivity index (χ1n) is 6.24. The van der Waals surface area contributed by atoms with Gasteiger partial charge < -0.3 is 4.74 Å². The average Bonchev–Trinajstić information content (AvgIpc) is 2.86. The predicted octanol–water partition coefficient (Wildman–Crippen LogP) is 1.73. The highest BCUT2D eigenvalue weighted by Gasteiger charge is 2.30. The second-order valence-electron chi connectivity index (χ2n) is 4.77. The summed E-state index contributed by atoms with van der Waals surface area (Å²) in [7, 11) is 1.34. The molecule has 0 aromatic heterocycles. The van der Waals surface area contributed by atoms with Gasteiger partial charge in [-0.1, -0.05) is 0 Å². The van der Waals surface area contributed by atoms with Gasteiger partial charge in [0.15, 0.2) is 0 Å². The Hall–Kier alpha value is -2.02. The van der Waals surface area contributed by atoms with Crippen LogP contribution in [0.15, 0.2) is 18.2 Å². The van der Waals surface area contributed by atoms with E-state index in [4.69, 9.17) is 0 Å². The average molecular weight is 282 g/mol. The number of likely N-dealkylation sites (tertiary alicyclic amines) is 1. The van der Waals surface area contributed by atoms with Gasteiger partial charge >= 0.3 is 5.97 Å². The number of methoxy groups -OCH3 is 1. The first kappa shape index (κ1) is 14.4. The molecule has 1 fully saturated rings. The number of halogens is 1. The first-order chi connectivity index (χ1) is 9.51.